The summed E-state index contributed by atoms with van der Waals surface area (Å²) in [6, 6.07) is 19.8. The quantitative estimate of drug-likeness (QED) is 0.332. The van der Waals surface area contributed by atoms with E-state index in [1.54, 1.807) is 29.7 Å². The molecule has 0 aliphatic heterocycles. The lowest BCUT2D eigenvalue weighted by atomic mass is 10.2. The molecule has 3 aromatic carbocycles. The van der Waals surface area contributed by atoms with Crippen LogP contribution >= 0.6 is 34.5 Å². The minimum Gasteiger partial charge on any atom is -0.256 e. The Hall–Kier alpha value is -2.20. The SMILES string of the molecule is Cc1ccc2nc(-c3ccc(N=Cc4ccc(Cl)c(Cl)c4)cc3)sc2c1. The highest BCUT2D eigenvalue weighted by Crippen LogP contribution is 2.31. The number of fused-ring (bicyclic) bond motifs is 1. The zero-order valence-electron chi connectivity index (χ0n) is 13.9. The molecule has 1 aromatic heterocycles. The fourth-order valence-electron chi connectivity index (χ4n) is 2.59. The molecule has 0 saturated carbocycles. The lowest BCUT2D eigenvalue weighted by molar-refractivity contribution is 1.45. The van der Waals surface area contributed by atoms with Crippen molar-refractivity contribution in [2.45, 2.75) is 6.92 Å². The fourth-order valence-corrected chi connectivity index (χ4v) is 3.96. The minimum atomic E-state index is 0.525. The lowest BCUT2D eigenvalue weighted by Gasteiger charge is -1.99. The van der Waals surface area contributed by atoms with Crippen molar-refractivity contribution in [2.75, 3.05) is 0 Å². The van der Waals surface area contributed by atoms with Gasteiger partial charge in [-0.05, 0) is 66.6 Å². The molecule has 0 spiro atoms. The molecule has 5 heteroatoms. The maximum Gasteiger partial charge on any atom is 0.124 e. The summed E-state index contributed by atoms with van der Waals surface area (Å²) in [6.07, 6.45) is 1.78. The third-order valence-electron chi connectivity index (χ3n) is 3.96. The average Bonchev–Trinajstić information content (AvgIpc) is 3.06. The van der Waals surface area contributed by atoms with E-state index < -0.39 is 0 Å². The molecule has 0 saturated heterocycles. The highest BCUT2D eigenvalue weighted by Gasteiger charge is 2.06. The van der Waals surface area contributed by atoms with Gasteiger partial charge in [-0.3, -0.25) is 4.99 Å². The van der Waals surface area contributed by atoms with E-state index in [2.05, 4.69) is 30.1 Å². The molecule has 0 amide bonds. The van der Waals surface area contributed by atoms with Crippen LogP contribution in [0.1, 0.15) is 11.1 Å². The van der Waals surface area contributed by atoms with E-state index in [1.165, 1.54) is 10.3 Å². The van der Waals surface area contributed by atoms with E-state index in [9.17, 15) is 0 Å². The highest BCUT2D eigenvalue weighted by molar-refractivity contribution is 7.21. The lowest BCUT2D eigenvalue weighted by Crippen LogP contribution is -1.81. The van der Waals surface area contributed by atoms with E-state index in [4.69, 9.17) is 28.2 Å². The number of halogens is 2. The minimum absolute atomic E-state index is 0.525. The number of nitrogens with zero attached hydrogens (tertiary/aromatic N) is 2. The smallest absolute Gasteiger partial charge is 0.124 e. The van der Waals surface area contributed by atoms with Gasteiger partial charge in [0.15, 0.2) is 0 Å². The Morgan fingerprint density at radius 3 is 2.50 bits per heavy atom. The molecular weight excluding hydrogens is 383 g/mol. The molecule has 0 radical (unpaired) electrons. The number of thiazole rings is 1. The number of aryl methyl sites for hydroxylation is 1. The summed E-state index contributed by atoms with van der Waals surface area (Å²) < 4.78 is 1.21. The Balaban J connectivity index is 1.57. The van der Waals surface area contributed by atoms with Gasteiger partial charge in [-0.2, -0.15) is 0 Å². The Labute approximate surface area is 165 Å². The molecule has 0 unspecified atom stereocenters. The standard InChI is InChI=1S/C21H14Cl2N2S/c1-13-2-9-19-20(10-13)26-21(25-19)15-4-6-16(7-5-15)24-12-14-3-8-17(22)18(23)11-14/h2-12H,1H3. The molecule has 4 rings (SSSR count). The number of aliphatic imine (C=N–C) groups is 1. The molecule has 0 aliphatic rings. The van der Waals surface area contributed by atoms with E-state index >= 15 is 0 Å². The second kappa shape index (κ2) is 7.20. The van der Waals surface area contributed by atoms with Crippen LogP contribution in [0, 0.1) is 6.92 Å². The molecule has 0 fully saturated rings. The Kier molecular flexibility index (Phi) is 4.77. The van der Waals surface area contributed by atoms with Crippen molar-refractivity contribution < 1.29 is 0 Å². The third-order valence-corrected chi connectivity index (χ3v) is 5.77. The monoisotopic (exact) mass is 396 g/mol. The molecule has 4 aromatic rings. The summed E-state index contributed by atoms with van der Waals surface area (Å²) in [4.78, 5) is 9.21. The molecule has 0 N–H and O–H groups in total. The van der Waals surface area contributed by atoms with Gasteiger partial charge in [0.2, 0.25) is 0 Å². The van der Waals surface area contributed by atoms with Gasteiger partial charge in [0.1, 0.15) is 5.01 Å². The largest absolute Gasteiger partial charge is 0.256 e. The van der Waals surface area contributed by atoms with Crippen LogP contribution in [0.2, 0.25) is 10.0 Å². The van der Waals surface area contributed by atoms with E-state index in [0.717, 1.165) is 27.3 Å². The Morgan fingerprint density at radius 2 is 1.73 bits per heavy atom. The van der Waals surface area contributed by atoms with Crippen LogP contribution in [-0.4, -0.2) is 11.2 Å². The van der Waals surface area contributed by atoms with Crippen LogP contribution in [0.15, 0.2) is 65.7 Å². The van der Waals surface area contributed by atoms with Gasteiger partial charge in [0.25, 0.3) is 0 Å². The molecule has 0 atom stereocenters. The van der Waals surface area contributed by atoms with Crippen molar-refractivity contribution in [1.82, 2.24) is 4.98 Å². The predicted molar refractivity (Wildman–Crippen MR) is 114 cm³/mol. The highest BCUT2D eigenvalue weighted by atomic mass is 35.5. The number of hydrogen-bond acceptors (Lipinski definition) is 3. The van der Waals surface area contributed by atoms with Gasteiger partial charge in [0, 0.05) is 11.8 Å². The van der Waals surface area contributed by atoms with Gasteiger partial charge in [-0.1, -0.05) is 35.3 Å². The zero-order chi connectivity index (χ0) is 18.1. The first-order valence-corrected chi connectivity index (χ1v) is 9.62. The van der Waals surface area contributed by atoms with Crippen LogP contribution in [0.25, 0.3) is 20.8 Å². The Bertz CT molecular complexity index is 1110. The number of benzene rings is 3. The third kappa shape index (κ3) is 3.65. The van der Waals surface area contributed by atoms with E-state index in [-0.39, 0.29) is 0 Å². The first kappa shape index (κ1) is 17.2. The van der Waals surface area contributed by atoms with Crippen LogP contribution in [0.5, 0.6) is 0 Å². The summed E-state index contributed by atoms with van der Waals surface area (Å²) >= 11 is 13.7. The van der Waals surface area contributed by atoms with Crippen LogP contribution in [0.3, 0.4) is 0 Å². The fraction of sp³-hybridized carbons (Fsp3) is 0.0476. The summed E-state index contributed by atoms with van der Waals surface area (Å²) in [5.41, 5.74) is 5.16. The van der Waals surface area contributed by atoms with Gasteiger partial charge in [-0.25, -0.2) is 4.98 Å². The molecule has 1 heterocycles. The van der Waals surface area contributed by atoms with Crippen LogP contribution in [0.4, 0.5) is 5.69 Å². The van der Waals surface area contributed by atoms with E-state index in [1.807, 2.05) is 30.3 Å². The van der Waals surface area contributed by atoms with Crippen molar-refractivity contribution in [3.63, 3.8) is 0 Å². The number of rotatable bonds is 3. The predicted octanol–water partition coefficient (Wildman–Crippen LogP) is 7.33. The molecule has 0 bridgehead atoms. The maximum absolute atomic E-state index is 6.03. The molecule has 2 nitrogen and oxygen atoms in total. The van der Waals surface area contributed by atoms with Gasteiger partial charge in [0.05, 0.1) is 25.9 Å². The summed E-state index contributed by atoms with van der Waals surface area (Å²) in [5, 5.41) is 2.09. The normalized spacial score (nSPS) is 11.5. The number of aromatic nitrogens is 1. The van der Waals surface area contributed by atoms with Gasteiger partial charge >= 0.3 is 0 Å². The second-order valence-corrected chi connectivity index (χ2v) is 7.81. The first-order chi connectivity index (χ1) is 12.6. The van der Waals surface area contributed by atoms with Crippen molar-refractivity contribution in [1.29, 1.82) is 0 Å². The topological polar surface area (TPSA) is 25.2 Å². The zero-order valence-corrected chi connectivity index (χ0v) is 16.2. The molecule has 0 aliphatic carbocycles. The average molecular weight is 397 g/mol. The second-order valence-electron chi connectivity index (χ2n) is 5.97. The van der Waals surface area contributed by atoms with Crippen molar-refractivity contribution >= 4 is 56.7 Å². The van der Waals surface area contributed by atoms with Gasteiger partial charge < -0.3 is 0 Å². The Morgan fingerprint density at radius 1 is 0.923 bits per heavy atom. The molecule has 128 valence electrons. The maximum atomic E-state index is 6.03. The molecule has 26 heavy (non-hydrogen) atoms. The van der Waals surface area contributed by atoms with Crippen molar-refractivity contribution in [3.05, 3.63) is 81.8 Å². The summed E-state index contributed by atoms with van der Waals surface area (Å²) in [6.45, 7) is 2.10. The first-order valence-electron chi connectivity index (χ1n) is 8.05. The van der Waals surface area contributed by atoms with Crippen LogP contribution in [-0.2, 0) is 0 Å². The summed E-state index contributed by atoms with van der Waals surface area (Å²) in [5.74, 6) is 0. The van der Waals surface area contributed by atoms with Gasteiger partial charge in [-0.15, -0.1) is 11.3 Å². The summed E-state index contributed by atoms with van der Waals surface area (Å²) in [7, 11) is 0. The molecular formula is C21H14Cl2N2S. The van der Waals surface area contributed by atoms with Crippen molar-refractivity contribution in [3.8, 4) is 10.6 Å². The number of hydrogen-bond donors (Lipinski definition) is 0. The van der Waals surface area contributed by atoms with Crippen LogP contribution < -0.4 is 0 Å². The van der Waals surface area contributed by atoms with Crippen molar-refractivity contribution in [2.24, 2.45) is 4.99 Å². The van der Waals surface area contributed by atoms with E-state index in [0.29, 0.717) is 10.0 Å².